The molecule has 0 aliphatic heterocycles. The van der Waals surface area contributed by atoms with Crippen molar-refractivity contribution >= 4 is 16.1 Å². The van der Waals surface area contributed by atoms with Crippen molar-refractivity contribution in [2.45, 2.75) is 30.8 Å². The first-order valence-electron chi connectivity index (χ1n) is 9.44. The maximum atomic E-state index is 12.5. The molecule has 2 N–H and O–H groups in total. The third kappa shape index (κ3) is 5.92. The van der Waals surface area contributed by atoms with E-state index in [0.717, 1.165) is 11.1 Å². The van der Waals surface area contributed by atoms with Gasteiger partial charge in [-0.3, -0.25) is 4.79 Å². The van der Waals surface area contributed by atoms with Gasteiger partial charge in [-0.25, -0.2) is 0 Å². The van der Waals surface area contributed by atoms with Crippen LogP contribution in [0, 0.1) is 6.92 Å². The molecule has 3 aromatic carbocycles. The Labute approximate surface area is 176 Å². The molecule has 6 nitrogen and oxygen atoms in total. The quantitative estimate of drug-likeness (QED) is 0.510. The van der Waals surface area contributed by atoms with E-state index >= 15 is 0 Å². The van der Waals surface area contributed by atoms with E-state index in [9.17, 15) is 18.3 Å². The first-order chi connectivity index (χ1) is 14.3. The van der Waals surface area contributed by atoms with Crippen LogP contribution in [0.15, 0.2) is 83.8 Å². The molecule has 7 heteroatoms. The number of benzene rings is 3. The molecule has 0 radical (unpaired) electrons. The predicted molar refractivity (Wildman–Crippen MR) is 114 cm³/mol. The monoisotopic (exact) mass is 425 g/mol. The highest BCUT2D eigenvalue weighted by Crippen LogP contribution is 2.21. The first-order valence-corrected chi connectivity index (χ1v) is 10.8. The molecule has 0 saturated heterocycles. The van der Waals surface area contributed by atoms with Crippen LogP contribution in [0.4, 0.5) is 0 Å². The Morgan fingerprint density at radius 3 is 2.30 bits per heavy atom. The highest BCUT2D eigenvalue weighted by molar-refractivity contribution is 7.87. The molecular formula is C23H23NO5S. The van der Waals surface area contributed by atoms with Crippen LogP contribution in [0.3, 0.4) is 0 Å². The summed E-state index contributed by atoms with van der Waals surface area (Å²) in [5, 5.41) is 12.6. The Hall–Kier alpha value is -3.16. The standard InChI is InChI=1S/C23H23NO5S/c1-17-10-12-21(13-11-17)30(27,28)29-20-9-5-8-19(14-20)15-22(23(25)26)24-16-18-6-3-2-4-7-18/h2-14,22,24H,15-16H2,1H3,(H,25,26)/t22-/m0/s1. The molecule has 0 bridgehead atoms. The lowest BCUT2D eigenvalue weighted by Gasteiger charge is -2.15. The summed E-state index contributed by atoms with van der Waals surface area (Å²) in [6, 6.07) is 21.5. The zero-order valence-corrected chi connectivity index (χ0v) is 17.3. The molecule has 0 saturated carbocycles. The number of carboxylic acids is 1. The topological polar surface area (TPSA) is 92.7 Å². The lowest BCUT2D eigenvalue weighted by Crippen LogP contribution is -2.38. The fourth-order valence-corrected chi connectivity index (χ4v) is 3.85. The number of aryl methyl sites for hydroxylation is 1. The average molecular weight is 426 g/mol. The van der Waals surface area contributed by atoms with E-state index in [4.69, 9.17) is 4.18 Å². The number of nitrogens with one attached hydrogen (secondary N) is 1. The van der Waals surface area contributed by atoms with Crippen LogP contribution in [0.2, 0.25) is 0 Å². The maximum Gasteiger partial charge on any atom is 0.339 e. The average Bonchev–Trinajstić information content (AvgIpc) is 2.72. The van der Waals surface area contributed by atoms with Crippen molar-refractivity contribution in [2.75, 3.05) is 0 Å². The Bertz CT molecular complexity index is 1100. The van der Waals surface area contributed by atoms with Crippen LogP contribution in [-0.2, 0) is 27.9 Å². The zero-order chi connectivity index (χ0) is 21.6. The summed E-state index contributed by atoms with van der Waals surface area (Å²) in [6.07, 6.45) is 0.184. The van der Waals surface area contributed by atoms with Gasteiger partial charge in [0.1, 0.15) is 16.7 Å². The van der Waals surface area contributed by atoms with E-state index in [1.54, 1.807) is 30.3 Å². The van der Waals surface area contributed by atoms with Crippen LogP contribution in [0.1, 0.15) is 16.7 Å². The number of hydrogen-bond acceptors (Lipinski definition) is 5. The van der Waals surface area contributed by atoms with Crippen molar-refractivity contribution in [3.63, 3.8) is 0 Å². The van der Waals surface area contributed by atoms with Crippen molar-refractivity contribution in [1.82, 2.24) is 5.32 Å². The maximum absolute atomic E-state index is 12.5. The van der Waals surface area contributed by atoms with Crippen LogP contribution < -0.4 is 9.50 Å². The van der Waals surface area contributed by atoms with Crippen molar-refractivity contribution in [3.8, 4) is 5.75 Å². The molecule has 0 fully saturated rings. The van der Waals surface area contributed by atoms with Gasteiger partial charge in [-0.05, 0) is 48.7 Å². The van der Waals surface area contributed by atoms with E-state index in [1.807, 2.05) is 37.3 Å². The smallest absolute Gasteiger partial charge is 0.339 e. The minimum atomic E-state index is -3.97. The Morgan fingerprint density at radius 2 is 1.63 bits per heavy atom. The van der Waals surface area contributed by atoms with Gasteiger partial charge in [0.05, 0.1) is 0 Å². The highest BCUT2D eigenvalue weighted by atomic mass is 32.2. The second-order valence-electron chi connectivity index (χ2n) is 6.96. The summed E-state index contributed by atoms with van der Waals surface area (Å²) in [7, 11) is -3.97. The molecule has 30 heavy (non-hydrogen) atoms. The third-order valence-electron chi connectivity index (χ3n) is 4.55. The minimum Gasteiger partial charge on any atom is -0.480 e. The van der Waals surface area contributed by atoms with Gasteiger partial charge in [0.25, 0.3) is 0 Å². The Kier molecular flexibility index (Phi) is 6.87. The summed E-state index contributed by atoms with van der Waals surface area (Å²) in [5.41, 5.74) is 2.57. The van der Waals surface area contributed by atoms with Crippen LogP contribution in [0.5, 0.6) is 5.75 Å². The van der Waals surface area contributed by atoms with Gasteiger partial charge in [0, 0.05) is 6.54 Å². The molecule has 3 rings (SSSR count). The van der Waals surface area contributed by atoms with Gasteiger partial charge in [-0.2, -0.15) is 8.42 Å². The summed E-state index contributed by atoms with van der Waals surface area (Å²) in [4.78, 5) is 11.7. The first kappa shape index (κ1) is 21.5. The molecule has 0 aromatic heterocycles. The summed E-state index contributed by atoms with van der Waals surface area (Å²) in [5.74, 6) is -0.843. The largest absolute Gasteiger partial charge is 0.480 e. The zero-order valence-electron chi connectivity index (χ0n) is 16.5. The molecule has 156 valence electrons. The highest BCUT2D eigenvalue weighted by Gasteiger charge is 2.19. The van der Waals surface area contributed by atoms with Crippen molar-refractivity contribution in [3.05, 3.63) is 95.6 Å². The number of carbonyl (C=O) groups is 1. The molecule has 0 aliphatic rings. The van der Waals surface area contributed by atoms with Crippen molar-refractivity contribution in [2.24, 2.45) is 0 Å². The lowest BCUT2D eigenvalue weighted by molar-refractivity contribution is -0.139. The Morgan fingerprint density at radius 1 is 0.967 bits per heavy atom. The normalized spacial score (nSPS) is 12.3. The molecule has 0 heterocycles. The van der Waals surface area contributed by atoms with Gasteiger partial charge < -0.3 is 14.6 Å². The second kappa shape index (κ2) is 9.56. The molecule has 1 atom stereocenters. The lowest BCUT2D eigenvalue weighted by atomic mass is 10.1. The summed E-state index contributed by atoms with van der Waals surface area (Å²) >= 11 is 0. The molecule has 0 unspecified atom stereocenters. The van der Waals surface area contributed by atoms with Crippen LogP contribution in [-0.4, -0.2) is 25.5 Å². The predicted octanol–water partition coefficient (Wildman–Crippen LogP) is 3.55. The number of hydrogen-bond donors (Lipinski definition) is 2. The van der Waals surface area contributed by atoms with E-state index in [2.05, 4.69) is 5.32 Å². The molecule has 0 amide bonds. The molecule has 0 aliphatic carbocycles. The van der Waals surface area contributed by atoms with E-state index in [-0.39, 0.29) is 17.1 Å². The number of carboxylic acid groups (broad SMARTS) is 1. The van der Waals surface area contributed by atoms with Gasteiger partial charge in [-0.15, -0.1) is 0 Å². The van der Waals surface area contributed by atoms with Crippen LogP contribution >= 0.6 is 0 Å². The molecular weight excluding hydrogens is 402 g/mol. The van der Waals surface area contributed by atoms with Gasteiger partial charge >= 0.3 is 16.1 Å². The van der Waals surface area contributed by atoms with Gasteiger partial charge in [0.2, 0.25) is 0 Å². The fourth-order valence-electron chi connectivity index (χ4n) is 2.92. The minimum absolute atomic E-state index is 0.0615. The summed E-state index contributed by atoms with van der Waals surface area (Å²) in [6.45, 7) is 2.28. The molecule has 0 spiro atoms. The van der Waals surface area contributed by atoms with E-state index < -0.39 is 22.1 Å². The van der Waals surface area contributed by atoms with Crippen LogP contribution in [0.25, 0.3) is 0 Å². The molecule has 3 aromatic rings. The van der Waals surface area contributed by atoms with E-state index in [0.29, 0.717) is 12.1 Å². The SMILES string of the molecule is Cc1ccc(S(=O)(=O)Oc2cccc(C[C@H](NCc3ccccc3)C(=O)O)c2)cc1. The number of aliphatic carboxylic acids is 1. The van der Waals surface area contributed by atoms with Gasteiger partial charge in [-0.1, -0.05) is 60.2 Å². The van der Waals surface area contributed by atoms with E-state index in [1.165, 1.54) is 18.2 Å². The van der Waals surface area contributed by atoms with Gasteiger partial charge in [0.15, 0.2) is 0 Å². The van der Waals surface area contributed by atoms with Crippen molar-refractivity contribution in [1.29, 1.82) is 0 Å². The Balaban J connectivity index is 1.70. The summed E-state index contributed by atoms with van der Waals surface area (Å²) < 4.78 is 30.2. The number of rotatable bonds is 9. The fraction of sp³-hybridized carbons (Fsp3) is 0.174. The third-order valence-corrected chi connectivity index (χ3v) is 5.81. The van der Waals surface area contributed by atoms with Crippen molar-refractivity contribution < 1.29 is 22.5 Å². The second-order valence-corrected chi connectivity index (χ2v) is 8.51.